The predicted octanol–water partition coefficient (Wildman–Crippen LogP) is 5.11. The van der Waals surface area contributed by atoms with Crippen molar-refractivity contribution in [2.75, 3.05) is 7.05 Å². The summed E-state index contributed by atoms with van der Waals surface area (Å²) >= 11 is 1.23. The van der Waals surface area contributed by atoms with Crippen molar-refractivity contribution in [1.29, 1.82) is 0 Å². The van der Waals surface area contributed by atoms with Gasteiger partial charge in [-0.25, -0.2) is 9.79 Å². The van der Waals surface area contributed by atoms with Gasteiger partial charge in [-0.05, 0) is 65.4 Å². The van der Waals surface area contributed by atoms with Crippen LogP contribution in [0.1, 0.15) is 21.5 Å². The number of aromatic carboxylic acids is 1. The molecule has 0 bridgehead atoms. The lowest BCUT2D eigenvalue weighted by molar-refractivity contribution is -0.384. The number of hydrogen-bond acceptors (Lipinski definition) is 7. The third kappa shape index (κ3) is 5.74. The number of nitro groups is 1. The van der Waals surface area contributed by atoms with Gasteiger partial charge >= 0.3 is 5.97 Å². The maximum atomic E-state index is 12.7. The lowest BCUT2D eigenvalue weighted by atomic mass is 10.2. The molecule has 0 aliphatic carbocycles. The number of aliphatic imine (C=N–C) groups is 1. The van der Waals surface area contributed by atoms with Crippen LogP contribution in [0.15, 0.2) is 82.7 Å². The molecule has 1 heterocycles. The van der Waals surface area contributed by atoms with Crippen molar-refractivity contribution in [1.82, 2.24) is 4.90 Å². The van der Waals surface area contributed by atoms with Crippen LogP contribution in [0.25, 0.3) is 6.08 Å². The zero-order valence-corrected chi connectivity index (χ0v) is 19.3. The Balaban J connectivity index is 1.42. The number of nitrogens with zero attached hydrogens (tertiary/aromatic N) is 3. The van der Waals surface area contributed by atoms with E-state index in [-0.39, 0.29) is 23.8 Å². The standard InChI is InChI=1S/C25H19N3O6S/c1-27-23(29)22(35-25(27)26-19-9-7-18(8-10-19)24(30)31)14-16-5-11-21(12-6-16)34-15-17-3-2-4-20(13-17)28(32)33/h2-14H,15H2,1H3,(H,30,31)/b22-14-,26-25?. The lowest BCUT2D eigenvalue weighted by Gasteiger charge is -2.07. The molecule has 0 atom stereocenters. The van der Waals surface area contributed by atoms with Gasteiger partial charge in [-0.2, -0.15) is 0 Å². The fourth-order valence-corrected chi connectivity index (χ4v) is 4.17. The number of amides is 1. The second-order valence-corrected chi connectivity index (χ2v) is 8.52. The number of carbonyl (C=O) groups excluding carboxylic acids is 1. The number of rotatable bonds is 7. The van der Waals surface area contributed by atoms with Crippen LogP contribution in [0.3, 0.4) is 0 Å². The summed E-state index contributed by atoms with van der Waals surface area (Å²) < 4.78 is 5.72. The molecule has 10 heteroatoms. The summed E-state index contributed by atoms with van der Waals surface area (Å²) in [6.07, 6.45) is 1.75. The van der Waals surface area contributed by atoms with Crippen LogP contribution in [0.2, 0.25) is 0 Å². The molecule has 3 aromatic rings. The molecular weight excluding hydrogens is 470 g/mol. The average molecular weight is 490 g/mol. The van der Waals surface area contributed by atoms with Gasteiger partial charge < -0.3 is 9.84 Å². The molecular formula is C25H19N3O6S. The molecule has 3 aromatic carbocycles. The second kappa shape index (κ2) is 10.2. The molecule has 0 saturated carbocycles. The van der Waals surface area contributed by atoms with Gasteiger partial charge in [0.15, 0.2) is 5.17 Å². The first kappa shape index (κ1) is 23.7. The average Bonchev–Trinajstić information content (AvgIpc) is 3.11. The van der Waals surface area contributed by atoms with E-state index in [1.54, 1.807) is 49.5 Å². The maximum Gasteiger partial charge on any atom is 0.335 e. The summed E-state index contributed by atoms with van der Waals surface area (Å²) in [5, 5.41) is 20.4. The Kier molecular flexibility index (Phi) is 6.93. The van der Waals surface area contributed by atoms with Crippen molar-refractivity contribution >= 4 is 46.3 Å². The van der Waals surface area contributed by atoms with Gasteiger partial charge in [0.1, 0.15) is 12.4 Å². The van der Waals surface area contributed by atoms with Crippen LogP contribution in [0, 0.1) is 10.1 Å². The summed E-state index contributed by atoms with van der Waals surface area (Å²) in [6.45, 7) is 0.189. The summed E-state index contributed by atoms with van der Waals surface area (Å²) in [6, 6.07) is 19.5. The Labute approximate surface area is 204 Å². The molecule has 0 unspecified atom stereocenters. The molecule has 35 heavy (non-hydrogen) atoms. The number of ether oxygens (including phenoxy) is 1. The number of hydrogen-bond donors (Lipinski definition) is 1. The SMILES string of the molecule is CN1C(=O)/C(=C/c2ccc(OCc3cccc([N+](=O)[O-])c3)cc2)SC1=Nc1ccc(C(=O)O)cc1. The summed E-state index contributed by atoms with van der Waals surface area (Å²) in [5.41, 5.74) is 2.20. The molecule has 0 spiro atoms. The Morgan fingerprint density at radius 2 is 1.86 bits per heavy atom. The smallest absolute Gasteiger partial charge is 0.335 e. The van der Waals surface area contributed by atoms with Crippen molar-refractivity contribution in [2.24, 2.45) is 4.99 Å². The van der Waals surface area contributed by atoms with E-state index in [1.807, 2.05) is 12.1 Å². The quantitative estimate of drug-likeness (QED) is 0.278. The number of carboxylic acids is 1. The van der Waals surface area contributed by atoms with Gasteiger partial charge in [0.05, 0.1) is 21.1 Å². The molecule has 1 amide bonds. The molecule has 1 aliphatic rings. The molecule has 9 nitrogen and oxygen atoms in total. The van der Waals surface area contributed by atoms with Crippen LogP contribution < -0.4 is 4.74 Å². The van der Waals surface area contributed by atoms with Gasteiger partial charge in [-0.15, -0.1) is 0 Å². The summed E-state index contributed by atoms with van der Waals surface area (Å²) in [5.74, 6) is -0.618. The Hall–Kier alpha value is -4.44. The van der Waals surface area contributed by atoms with E-state index >= 15 is 0 Å². The number of carboxylic acid groups (broad SMARTS) is 1. The van der Waals surface area contributed by atoms with Crippen molar-refractivity contribution in [2.45, 2.75) is 6.61 Å². The highest BCUT2D eigenvalue weighted by Crippen LogP contribution is 2.33. The van der Waals surface area contributed by atoms with E-state index in [4.69, 9.17) is 9.84 Å². The molecule has 176 valence electrons. The van der Waals surface area contributed by atoms with Crippen LogP contribution in [0.5, 0.6) is 5.75 Å². The monoisotopic (exact) mass is 489 g/mol. The van der Waals surface area contributed by atoms with Gasteiger partial charge in [-0.3, -0.25) is 19.8 Å². The second-order valence-electron chi connectivity index (χ2n) is 7.51. The molecule has 1 fully saturated rings. The van der Waals surface area contributed by atoms with E-state index in [0.29, 0.717) is 27.1 Å². The Bertz CT molecular complexity index is 1350. The number of carbonyl (C=O) groups is 2. The van der Waals surface area contributed by atoms with E-state index in [0.717, 1.165) is 5.56 Å². The van der Waals surface area contributed by atoms with Gasteiger partial charge in [-0.1, -0.05) is 24.3 Å². The number of non-ortho nitro benzene ring substituents is 1. The lowest BCUT2D eigenvalue weighted by Crippen LogP contribution is -2.23. The molecule has 4 rings (SSSR count). The fourth-order valence-electron chi connectivity index (χ4n) is 3.18. The maximum absolute atomic E-state index is 12.7. The summed E-state index contributed by atoms with van der Waals surface area (Å²) in [7, 11) is 1.63. The summed E-state index contributed by atoms with van der Waals surface area (Å²) in [4.78, 5) is 40.5. The van der Waals surface area contributed by atoms with Crippen LogP contribution >= 0.6 is 11.8 Å². The minimum atomic E-state index is -1.02. The molecule has 1 N–H and O–H groups in total. The third-order valence-corrected chi connectivity index (χ3v) is 6.11. The molecule has 1 aliphatic heterocycles. The van der Waals surface area contributed by atoms with Crippen LogP contribution in [0.4, 0.5) is 11.4 Å². The largest absolute Gasteiger partial charge is 0.489 e. The number of likely N-dealkylation sites (N-methyl/N-ethyl adjacent to an activating group) is 1. The third-order valence-electron chi connectivity index (χ3n) is 5.05. The minimum absolute atomic E-state index is 0.0111. The zero-order chi connectivity index (χ0) is 24.9. The fraction of sp³-hybridized carbons (Fsp3) is 0.0800. The van der Waals surface area contributed by atoms with E-state index in [2.05, 4.69) is 4.99 Å². The highest BCUT2D eigenvalue weighted by molar-refractivity contribution is 8.18. The zero-order valence-electron chi connectivity index (χ0n) is 18.5. The number of benzene rings is 3. The number of nitro benzene ring substituents is 1. The first-order valence-corrected chi connectivity index (χ1v) is 11.2. The number of amidine groups is 1. The highest BCUT2D eigenvalue weighted by Gasteiger charge is 2.30. The van der Waals surface area contributed by atoms with Crippen molar-refractivity contribution < 1.29 is 24.4 Å². The van der Waals surface area contributed by atoms with Crippen LogP contribution in [-0.4, -0.2) is 39.0 Å². The Morgan fingerprint density at radius 1 is 1.14 bits per heavy atom. The van der Waals surface area contributed by atoms with Crippen molar-refractivity contribution in [3.8, 4) is 5.75 Å². The van der Waals surface area contributed by atoms with Gasteiger partial charge in [0.2, 0.25) is 0 Å². The first-order chi connectivity index (χ1) is 16.8. The number of thioether (sulfide) groups is 1. The van der Waals surface area contributed by atoms with Crippen molar-refractivity contribution in [3.63, 3.8) is 0 Å². The van der Waals surface area contributed by atoms with E-state index in [1.165, 1.54) is 40.9 Å². The predicted molar refractivity (Wildman–Crippen MR) is 133 cm³/mol. The van der Waals surface area contributed by atoms with Gasteiger partial charge in [0, 0.05) is 19.2 Å². The van der Waals surface area contributed by atoms with Crippen molar-refractivity contribution in [3.05, 3.63) is 105 Å². The van der Waals surface area contributed by atoms with E-state index in [9.17, 15) is 19.7 Å². The minimum Gasteiger partial charge on any atom is -0.489 e. The first-order valence-electron chi connectivity index (χ1n) is 10.4. The van der Waals surface area contributed by atoms with E-state index < -0.39 is 10.9 Å². The highest BCUT2D eigenvalue weighted by atomic mass is 32.2. The topological polar surface area (TPSA) is 122 Å². The Morgan fingerprint density at radius 3 is 2.51 bits per heavy atom. The molecule has 1 saturated heterocycles. The molecule has 0 aromatic heterocycles. The molecule has 0 radical (unpaired) electrons. The van der Waals surface area contributed by atoms with Gasteiger partial charge in [0.25, 0.3) is 11.6 Å². The normalized spacial score (nSPS) is 15.6. The van der Waals surface area contributed by atoms with Crippen LogP contribution in [-0.2, 0) is 11.4 Å².